The number of rotatable bonds is 6. The number of aromatic nitrogens is 4. The normalized spacial score (nSPS) is 10.3. The van der Waals surface area contributed by atoms with E-state index in [0.717, 1.165) is 0 Å². The Kier molecular flexibility index (Phi) is 4.92. The topological polar surface area (TPSA) is 102 Å². The van der Waals surface area contributed by atoms with E-state index in [1.54, 1.807) is 17.6 Å². The lowest BCUT2D eigenvalue weighted by Gasteiger charge is -2.04. The number of carbonyl (C=O) groups excluding carboxylic acids is 1. The average Bonchev–Trinajstić information content (AvgIpc) is 3.06. The molecular formula is C15H14N6O2S. The van der Waals surface area contributed by atoms with E-state index in [1.165, 1.54) is 28.3 Å². The largest absolute Gasteiger partial charge is 0.349 e. The van der Waals surface area contributed by atoms with Gasteiger partial charge in [0.25, 0.3) is 11.5 Å². The van der Waals surface area contributed by atoms with Crippen molar-refractivity contribution in [1.82, 2.24) is 25.1 Å². The first kappa shape index (κ1) is 15.8. The average molecular weight is 342 g/mol. The molecule has 8 nitrogen and oxygen atoms in total. The van der Waals surface area contributed by atoms with Crippen molar-refractivity contribution in [3.05, 3.63) is 64.2 Å². The lowest BCUT2D eigenvalue weighted by atomic mass is 10.4. The smallest absolute Gasteiger partial charge is 0.270 e. The molecule has 0 aromatic carbocycles. The molecule has 3 aromatic heterocycles. The highest BCUT2D eigenvalue weighted by atomic mass is 32.1. The quantitative estimate of drug-likeness (QED) is 0.699. The van der Waals surface area contributed by atoms with Crippen molar-refractivity contribution in [3.8, 4) is 0 Å². The summed E-state index contributed by atoms with van der Waals surface area (Å²) in [6, 6.07) is 8.48. The summed E-state index contributed by atoms with van der Waals surface area (Å²) in [5, 5.41) is 11.9. The summed E-state index contributed by atoms with van der Waals surface area (Å²) in [6.07, 6.45) is 3.20. The van der Waals surface area contributed by atoms with Gasteiger partial charge in [-0.3, -0.25) is 9.59 Å². The molecule has 0 unspecified atom stereocenters. The maximum atomic E-state index is 12.1. The Hall–Kier alpha value is -3.07. The van der Waals surface area contributed by atoms with E-state index in [9.17, 15) is 9.59 Å². The minimum atomic E-state index is -0.302. The monoisotopic (exact) mass is 342 g/mol. The molecule has 0 radical (unpaired) electrons. The number of thiazole rings is 1. The molecule has 0 saturated heterocycles. The van der Waals surface area contributed by atoms with E-state index in [2.05, 4.69) is 25.7 Å². The van der Waals surface area contributed by atoms with Gasteiger partial charge in [0.2, 0.25) is 0 Å². The number of hydrogen-bond donors (Lipinski definition) is 2. The van der Waals surface area contributed by atoms with Gasteiger partial charge in [0.1, 0.15) is 11.5 Å². The molecule has 0 aliphatic heterocycles. The number of pyridine rings is 1. The van der Waals surface area contributed by atoms with Gasteiger partial charge in [0, 0.05) is 30.4 Å². The van der Waals surface area contributed by atoms with Crippen LogP contribution in [0.15, 0.2) is 52.9 Å². The van der Waals surface area contributed by atoms with Crippen LogP contribution in [-0.4, -0.2) is 32.2 Å². The first-order chi connectivity index (χ1) is 11.7. The molecule has 2 N–H and O–H groups in total. The van der Waals surface area contributed by atoms with Gasteiger partial charge in [-0.05, 0) is 18.2 Å². The van der Waals surface area contributed by atoms with E-state index >= 15 is 0 Å². The van der Waals surface area contributed by atoms with Crippen molar-refractivity contribution in [2.75, 3.05) is 11.9 Å². The van der Waals surface area contributed by atoms with Crippen LogP contribution in [0.4, 0.5) is 10.9 Å². The predicted molar refractivity (Wildman–Crippen MR) is 90.5 cm³/mol. The summed E-state index contributed by atoms with van der Waals surface area (Å²) in [5.41, 5.74) is 0.106. The second-order valence-corrected chi connectivity index (χ2v) is 5.58. The van der Waals surface area contributed by atoms with Gasteiger partial charge in [-0.2, -0.15) is 5.10 Å². The summed E-state index contributed by atoms with van der Waals surface area (Å²) in [6.45, 7) is 0.588. The summed E-state index contributed by atoms with van der Waals surface area (Å²) < 4.78 is 1.29. The fourth-order valence-electron chi connectivity index (χ4n) is 1.90. The molecule has 1 amide bonds. The molecule has 122 valence electrons. The van der Waals surface area contributed by atoms with E-state index in [4.69, 9.17) is 0 Å². The van der Waals surface area contributed by atoms with Crippen molar-refractivity contribution in [2.24, 2.45) is 0 Å². The fourth-order valence-corrected chi connectivity index (χ4v) is 2.60. The number of anilines is 2. The Balaban J connectivity index is 1.54. The second kappa shape index (κ2) is 7.47. The Morgan fingerprint density at radius 2 is 2.12 bits per heavy atom. The zero-order chi connectivity index (χ0) is 16.8. The molecule has 9 heteroatoms. The van der Waals surface area contributed by atoms with E-state index < -0.39 is 0 Å². The molecule has 0 spiro atoms. The molecule has 0 bridgehead atoms. The highest BCUT2D eigenvalue weighted by Gasteiger charge is 2.10. The van der Waals surface area contributed by atoms with Gasteiger partial charge < -0.3 is 10.6 Å². The van der Waals surface area contributed by atoms with Crippen LogP contribution >= 0.6 is 11.3 Å². The Morgan fingerprint density at radius 1 is 1.21 bits per heavy atom. The summed E-state index contributed by atoms with van der Waals surface area (Å²) in [7, 11) is 0. The maximum Gasteiger partial charge on any atom is 0.270 e. The van der Waals surface area contributed by atoms with Crippen LogP contribution in [0.2, 0.25) is 0 Å². The predicted octanol–water partition coefficient (Wildman–Crippen LogP) is 1.27. The molecule has 0 fully saturated rings. The van der Waals surface area contributed by atoms with Gasteiger partial charge in [-0.25, -0.2) is 14.6 Å². The lowest BCUT2D eigenvalue weighted by Crippen LogP contribution is -2.31. The first-order valence-corrected chi connectivity index (χ1v) is 8.04. The third kappa shape index (κ3) is 4.02. The van der Waals surface area contributed by atoms with Crippen molar-refractivity contribution >= 4 is 28.2 Å². The molecule has 0 aliphatic carbocycles. The molecule has 3 heterocycles. The Bertz CT molecular complexity index is 877. The highest BCUT2D eigenvalue weighted by Crippen LogP contribution is 2.19. The van der Waals surface area contributed by atoms with Gasteiger partial charge >= 0.3 is 0 Å². The SMILES string of the molecule is O=C(NCCn1ncccc1=O)c1csc(Nc2ccccn2)n1. The van der Waals surface area contributed by atoms with Crippen molar-refractivity contribution in [2.45, 2.75) is 6.54 Å². The van der Waals surface area contributed by atoms with Crippen LogP contribution < -0.4 is 16.2 Å². The Morgan fingerprint density at radius 3 is 2.92 bits per heavy atom. The van der Waals surface area contributed by atoms with Crippen LogP contribution in [0.25, 0.3) is 0 Å². The van der Waals surface area contributed by atoms with Gasteiger partial charge in [-0.1, -0.05) is 6.07 Å². The third-order valence-electron chi connectivity index (χ3n) is 3.03. The molecule has 3 rings (SSSR count). The first-order valence-electron chi connectivity index (χ1n) is 7.16. The zero-order valence-electron chi connectivity index (χ0n) is 12.5. The van der Waals surface area contributed by atoms with Crippen molar-refractivity contribution in [1.29, 1.82) is 0 Å². The number of hydrogen-bond acceptors (Lipinski definition) is 7. The Labute approximate surface area is 141 Å². The molecular weight excluding hydrogens is 328 g/mol. The summed E-state index contributed by atoms with van der Waals surface area (Å²) >= 11 is 1.31. The maximum absolute atomic E-state index is 12.1. The lowest BCUT2D eigenvalue weighted by molar-refractivity contribution is 0.0947. The fraction of sp³-hybridized carbons (Fsp3) is 0.133. The third-order valence-corrected chi connectivity index (χ3v) is 3.79. The number of nitrogens with one attached hydrogen (secondary N) is 2. The van der Waals surface area contributed by atoms with Crippen LogP contribution in [0.3, 0.4) is 0 Å². The summed E-state index contributed by atoms with van der Waals surface area (Å²) in [5.74, 6) is 0.359. The molecule has 0 atom stereocenters. The number of amides is 1. The van der Waals surface area contributed by atoms with Crippen LogP contribution in [-0.2, 0) is 6.54 Å². The number of nitrogens with zero attached hydrogens (tertiary/aromatic N) is 4. The van der Waals surface area contributed by atoms with Crippen LogP contribution in [0.1, 0.15) is 10.5 Å². The minimum Gasteiger partial charge on any atom is -0.349 e. The number of carbonyl (C=O) groups is 1. The highest BCUT2D eigenvalue weighted by molar-refractivity contribution is 7.14. The molecule has 0 aliphatic rings. The van der Waals surface area contributed by atoms with E-state index in [-0.39, 0.29) is 18.0 Å². The second-order valence-electron chi connectivity index (χ2n) is 4.72. The molecule has 24 heavy (non-hydrogen) atoms. The molecule has 0 saturated carbocycles. The van der Waals surface area contributed by atoms with Crippen LogP contribution in [0.5, 0.6) is 0 Å². The van der Waals surface area contributed by atoms with E-state index in [0.29, 0.717) is 23.2 Å². The van der Waals surface area contributed by atoms with E-state index in [1.807, 2.05) is 18.2 Å². The molecule has 3 aromatic rings. The van der Waals surface area contributed by atoms with Crippen molar-refractivity contribution < 1.29 is 4.79 Å². The zero-order valence-corrected chi connectivity index (χ0v) is 13.4. The summed E-state index contributed by atoms with van der Waals surface area (Å²) in [4.78, 5) is 31.9. The van der Waals surface area contributed by atoms with Gasteiger partial charge in [0.05, 0.1) is 6.54 Å². The minimum absolute atomic E-state index is 0.206. The van der Waals surface area contributed by atoms with Crippen molar-refractivity contribution in [3.63, 3.8) is 0 Å². The van der Waals surface area contributed by atoms with Gasteiger partial charge in [-0.15, -0.1) is 11.3 Å². The standard InChI is InChI=1S/C15H14N6O2S/c22-13-5-3-7-18-21(13)9-8-17-14(23)11-10-24-15(19-11)20-12-4-1-2-6-16-12/h1-7,10H,8-9H2,(H,17,23)(H,16,19,20). The van der Waals surface area contributed by atoms with Gasteiger partial charge in [0.15, 0.2) is 5.13 Å². The van der Waals surface area contributed by atoms with Crippen LogP contribution in [0, 0.1) is 0 Å².